The second-order valence-electron chi connectivity index (χ2n) is 19.6. The van der Waals surface area contributed by atoms with Crippen LogP contribution in [-0.2, 0) is 13.7 Å². The lowest BCUT2D eigenvalue weighted by Gasteiger charge is -2.70. The van der Waals surface area contributed by atoms with Crippen LogP contribution in [0.15, 0.2) is 30.3 Å². The Morgan fingerprint density at radius 2 is 1.54 bits per heavy atom. The van der Waals surface area contributed by atoms with Gasteiger partial charge in [-0.05, 0) is 153 Å². The van der Waals surface area contributed by atoms with Gasteiger partial charge in [-0.25, -0.2) is 4.79 Å². The van der Waals surface area contributed by atoms with E-state index in [0.29, 0.717) is 29.2 Å². The lowest BCUT2D eigenvalue weighted by molar-refractivity contribution is -0.206. The van der Waals surface area contributed by atoms with Crippen LogP contribution in [0.5, 0.6) is 0 Å². The lowest BCUT2D eigenvalue weighted by Crippen LogP contribution is -2.63. The highest BCUT2D eigenvalue weighted by molar-refractivity contribution is 8.30. The van der Waals surface area contributed by atoms with Gasteiger partial charge in [0.15, 0.2) is 0 Å². The molecule has 4 aliphatic rings. The first kappa shape index (κ1) is 39.5. The summed E-state index contributed by atoms with van der Waals surface area (Å²) in [5, 5.41) is 0. The van der Waals surface area contributed by atoms with Gasteiger partial charge in [-0.2, -0.15) is 0 Å². The Morgan fingerprint density at radius 1 is 0.860 bits per heavy atom. The predicted molar refractivity (Wildman–Crippen MR) is 212 cm³/mol. The predicted octanol–water partition coefficient (Wildman–Crippen LogP) is 12.4. The molecule has 5 heteroatoms. The molecule has 3 saturated carbocycles. The maximum absolute atomic E-state index is 14.9. The molecule has 3 fully saturated rings. The fourth-order valence-electron chi connectivity index (χ4n) is 12.1. The number of allylic oxidation sites excluding steroid dienone is 2. The monoisotopic (exact) mass is 709 g/mol. The highest BCUT2D eigenvalue weighted by atomic mass is 32.3. The van der Waals surface area contributed by atoms with Crippen molar-refractivity contribution in [3.8, 4) is 0 Å². The summed E-state index contributed by atoms with van der Waals surface area (Å²) in [5.41, 5.74) is 3.70. The molecule has 0 heterocycles. The molecule has 1 aromatic rings. The van der Waals surface area contributed by atoms with Crippen molar-refractivity contribution in [3.05, 3.63) is 41.5 Å². The van der Waals surface area contributed by atoms with Crippen molar-refractivity contribution in [2.24, 2.45) is 51.2 Å². The van der Waals surface area contributed by atoms with Crippen LogP contribution in [0.3, 0.4) is 0 Å². The van der Waals surface area contributed by atoms with E-state index in [-0.39, 0.29) is 44.3 Å². The average Bonchev–Trinajstić information content (AvgIpc) is 3.10. The number of ether oxygens (including phenoxy) is 1. The quantitative estimate of drug-likeness (QED) is 0.265. The van der Waals surface area contributed by atoms with Gasteiger partial charge in [0, 0.05) is 4.75 Å². The number of hydrogen-bond donors (Lipinski definition) is 0. The number of hydrogen-bond acceptors (Lipinski definition) is 4. The summed E-state index contributed by atoms with van der Waals surface area (Å²) in [6.07, 6.45) is 22.5. The molecule has 1 aromatic carbocycles. The molecule has 0 saturated heterocycles. The first-order valence-corrected chi connectivity index (χ1v) is 22.5. The molecule has 0 bridgehead atoms. The summed E-state index contributed by atoms with van der Waals surface area (Å²) >= 11 is 0. The maximum atomic E-state index is 14.9. The first-order valence-electron chi connectivity index (χ1n) is 20.1. The van der Waals surface area contributed by atoms with Crippen LogP contribution in [0, 0.1) is 51.2 Å². The van der Waals surface area contributed by atoms with E-state index in [1.54, 1.807) is 0 Å². The van der Waals surface area contributed by atoms with Gasteiger partial charge in [0.1, 0.15) is 0 Å². The van der Waals surface area contributed by atoms with Gasteiger partial charge in [0.25, 0.3) is 0 Å². The molecule has 0 amide bonds. The molecule has 282 valence electrons. The van der Waals surface area contributed by atoms with E-state index in [1.807, 2.05) is 12.1 Å². The van der Waals surface area contributed by atoms with Crippen molar-refractivity contribution in [1.29, 1.82) is 0 Å². The SMILES string of the molecule is CCCC[C@@H]1CCCCC[C@]2(C)[C@H](CCC3[C@@]4(C)CC=C(c5ccc(C(=O)OC)cc5)C(C)(C)C4CC[C@]32C)[C@@H]1C(=O)OS(C)(C)C(C)(C)C. The molecule has 8 atom stereocenters. The molecule has 0 radical (unpaired) electrons. The van der Waals surface area contributed by atoms with Gasteiger partial charge in [-0.1, -0.05) is 102 Å². The molecular formula is C45H72O4S. The number of fused-ring (bicyclic) bond motifs is 5. The van der Waals surface area contributed by atoms with Crippen molar-refractivity contribution < 1.29 is 18.5 Å². The summed E-state index contributed by atoms with van der Waals surface area (Å²) in [6.45, 7) is 21.9. The summed E-state index contributed by atoms with van der Waals surface area (Å²) in [5.74, 6) is 1.79. The van der Waals surface area contributed by atoms with Gasteiger partial charge in [0.2, 0.25) is 0 Å². The molecule has 2 unspecified atom stereocenters. The molecule has 0 aromatic heterocycles. The second-order valence-corrected chi connectivity index (χ2v) is 23.4. The number of benzene rings is 1. The number of unbranched alkanes of at least 4 members (excludes halogenated alkanes) is 1. The molecule has 4 aliphatic carbocycles. The molecule has 5 rings (SSSR count). The first-order chi connectivity index (χ1) is 23.3. The summed E-state index contributed by atoms with van der Waals surface area (Å²) in [7, 11) is -0.128. The molecule has 0 spiro atoms. The Morgan fingerprint density at radius 3 is 2.16 bits per heavy atom. The summed E-state index contributed by atoms with van der Waals surface area (Å²) < 4.78 is 11.7. The van der Waals surface area contributed by atoms with Crippen LogP contribution < -0.4 is 0 Å². The van der Waals surface area contributed by atoms with E-state index in [2.05, 4.69) is 93.0 Å². The van der Waals surface area contributed by atoms with E-state index < -0.39 is 10.3 Å². The Balaban J connectivity index is 1.53. The van der Waals surface area contributed by atoms with Crippen LogP contribution in [0.25, 0.3) is 5.57 Å². The van der Waals surface area contributed by atoms with E-state index >= 15 is 0 Å². The molecule has 4 nitrogen and oxygen atoms in total. The van der Waals surface area contributed by atoms with Crippen LogP contribution >= 0.6 is 10.3 Å². The maximum Gasteiger partial charge on any atom is 0.337 e. The van der Waals surface area contributed by atoms with Crippen LogP contribution in [-0.4, -0.2) is 36.3 Å². The lowest BCUT2D eigenvalue weighted by atomic mass is 9.34. The Hall–Kier alpha value is -1.75. The topological polar surface area (TPSA) is 52.6 Å². The normalized spacial score (nSPS) is 36.2. The van der Waals surface area contributed by atoms with Gasteiger partial charge in [-0.15, -0.1) is 0 Å². The Labute approximate surface area is 308 Å². The van der Waals surface area contributed by atoms with Crippen LogP contribution in [0.2, 0.25) is 0 Å². The standard InChI is InChI=1S/C45H72O4S/c1-13-14-18-32-19-16-15-17-28-44(8)35(38(32)40(47)49-50(11,12)41(2,3)4)24-25-37-43(7)29-26-34(31-20-22-33(23-21-31)39(46)48-10)42(5,6)36(43)27-30-45(37,44)9/h20-23,26,32,35-38H,13-19,24-25,27-30H2,1-12H3/t32-,35-,36?,37?,38-,43+,44-,45-/m1/s1. The number of methoxy groups -OCH3 is 1. The zero-order chi connectivity index (χ0) is 36.9. The smallest absolute Gasteiger partial charge is 0.337 e. The summed E-state index contributed by atoms with van der Waals surface area (Å²) in [6, 6.07) is 8.08. The largest absolute Gasteiger partial charge is 0.465 e. The third-order valence-electron chi connectivity index (χ3n) is 15.8. The zero-order valence-corrected chi connectivity index (χ0v) is 34.8. The number of carbonyl (C=O) groups is 2. The fraction of sp³-hybridized carbons (Fsp3) is 0.778. The van der Waals surface area contributed by atoms with E-state index in [0.717, 1.165) is 19.3 Å². The average molecular weight is 709 g/mol. The summed E-state index contributed by atoms with van der Waals surface area (Å²) in [4.78, 5) is 27.0. The van der Waals surface area contributed by atoms with Crippen molar-refractivity contribution >= 4 is 27.8 Å². The van der Waals surface area contributed by atoms with Gasteiger partial charge in [-0.3, -0.25) is 4.79 Å². The molecular weight excluding hydrogens is 637 g/mol. The van der Waals surface area contributed by atoms with Gasteiger partial charge < -0.3 is 8.92 Å². The van der Waals surface area contributed by atoms with E-state index in [9.17, 15) is 9.59 Å². The molecule has 0 aliphatic heterocycles. The molecule has 50 heavy (non-hydrogen) atoms. The minimum Gasteiger partial charge on any atom is -0.465 e. The minimum atomic E-state index is -1.57. The van der Waals surface area contributed by atoms with Crippen LogP contribution in [0.1, 0.15) is 162 Å². The van der Waals surface area contributed by atoms with E-state index in [1.165, 1.54) is 82.5 Å². The van der Waals surface area contributed by atoms with Crippen molar-refractivity contribution in [2.75, 3.05) is 19.6 Å². The van der Waals surface area contributed by atoms with Gasteiger partial charge in [0.05, 0.1) is 18.6 Å². The van der Waals surface area contributed by atoms with Crippen molar-refractivity contribution in [2.45, 2.75) is 151 Å². The second kappa shape index (κ2) is 14.2. The Bertz CT molecular complexity index is 1420. The highest BCUT2D eigenvalue weighted by Crippen LogP contribution is 2.74. The minimum absolute atomic E-state index is 0.00987. The van der Waals surface area contributed by atoms with E-state index in [4.69, 9.17) is 8.92 Å². The zero-order valence-electron chi connectivity index (χ0n) is 34.0. The van der Waals surface area contributed by atoms with Gasteiger partial charge >= 0.3 is 11.9 Å². The number of carbonyl (C=O) groups excluding carboxylic acids is 2. The third kappa shape index (κ3) is 6.66. The number of esters is 1. The van der Waals surface area contributed by atoms with Crippen molar-refractivity contribution in [3.63, 3.8) is 0 Å². The fourth-order valence-corrected chi connectivity index (χ4v) is 12.9. The number of rotatable bonds is 7. The van der Waals surface area contributed by atoms with Crippen LogP contribution in [0.4, 0.5) is 0 Å². The highest BCUT2D eigenvalue weighted by Gasteiger charge is 2.67. The third-order valence-corrected chi connectivity index (χ3v) is 19.3. The Kier molecular flexibility index (Phi) is 11.2. The molecule has 0 N–H and O–H groups in total. The van der Waals surface area contributed by atoms with Crippen molar-refractivity contribution in [1.82, 2.24) is 0 Å².